The average molecular weight is 986 g/mol. The lowest BCUT2D eigenvalue weighted by atomic mass is 10.1. The van der Waals surface area contributed by atoms with Gasteiger partial charge in [0.1, 0.15) is 13.2 Å². The zero-order valence-corrected chi connectivity index (χ0v) is 46.2. The summed E-state index contributed by atoms with van der Waals surface area (Å²) in [5, 5.41) is 0. The van der Waals surface area contributed by atoms with Gasteiger partial charge in [-0.1, -0.05) is 226 Å². The second-order valence-electron chi connectivity index (χ2n) is 19.2. The van der Waals surface area contributed by atoms with Gasteiger partial charge in [-0.2, -0.15) is 0 Å². The molecule has 1 atom stereocenters. The van der Waals surface area contributed by atoms with Crippen LogP contribution in [0, 0.1) is 0 Å². The second-order valence-corrected chi connectivity index (χ2v) is 19.2. The van der Waals surface area contributed by atoms with Crippen LogP contribution in [-0.2, 0) is 28.6 Å². The molecule has 0 N–H and O–H groups in total. The predicted molar refractivity (Wildman–Crippen MR) is 307 cm³/mol. The number of ether oxygens (including phenoxy) is 3. The number of esters is 3. The van der Waals surface area contributed by atoms with Crippen LogP contribution in [-0.4, -0.2) is 37.2 Å². The quantitative estimate of drug-likeness (QED) is 0.0261. The highest BCUT2D eigenvalue weighted by atomic mass is 16.6. The highest BCUT2D eigenvalue weighted by Gasteiger charge is 2.19. The van der Waals surface area contributed by atoms with Crippen LogP contribution in [0.5, 0.6) is 0 Å². The van der Waals surface area contributed by atoms with Crippen LogP contribution >= 0.6 is 0 Å². The van der Waals surface area contributed by atoms with E-state index in [0.29, 0.717) is 19.3 Å². The van der Waals surface area contributed by atoms with Crippen molar-refractivity contribution in [3.05, 3.63) is 109 Å². The molecule has 1 unspecified atom stereocenters. The van der Waals surface area contributed by atoms with Crippen molar-refractivity contribution in [3.63, 3.8) is 0 Å². The monoisotopic (exact) mass is 985 g/mol. The molecule has 6 nitrogen and oxygen atoms in total. The Morgan fingerprint density at radius 2 is 0.549 bits per heavy atom. The Labute approximate surface area is 438 Å². The van der Waals surface area contributed by atoms with Crippen LogP contribution in [0.2, 0.25) is 0 Å². The Morgan fingerprint density at radius 1 is 0.296 bits per heavy atom. The lowest BCUT2D eigenvalue weighted by Crippen LogP contribution is -2.30. The van der Waals surface area contributed by atoms with Crippen LogP contribution in [0.3, 0.4) is 0 Å². The minimum absolute atomic E-state index is 0.0976. The van der Waals surface area contributed by atoms with E-state index < -0.39 is 6.10 Å². The fraction of sp³-hybridized carbons (Fsp3) is 0.677. The van der Waals surface area contributed by atoms with E-state index in [1.165, 1.54) is 83.5 Å². The molecule has 0 aromatic carbocycles. The van der Waals surface area contributed by atoms with Crippen molar-refractivity contribution in [2.45, 2.75) is 271 Å². The summed E-state index contributed by atoms with van der Waals surface area (Å²) in [6.07, 6.45) is 79.3. The van der Waals surface area contributed by atoms with Crippen molar-refractivity contribution in [3.8, 4) is 0 Å². The molecule has 0 aromatic rings. The van der Waals surface area contributed by atoms with E-state index in [0.717, 1.165) is 141 Å². The zero-order chi connectivity index (χ0) is 51.4. The molecule has 0 aliphatic carbocycles. The van der Waals surface area contributed by atoms with Crippen LogP contribution in [0.1, 0.15) is 265 Å². The fourth-order valence-electron chi connectivity index (χ4n) is 7.82. The molecule has 0 heterocycles. The summed E-state index contributed by atoms with van der Waals surface area (Å²) in [5.74, 6) is -0.944. The van der Waals surface area contributed by atoms with Crippen LogP contribution in [0.25, 0.3) is 0 Å². The van der Waals surface area contributed by atoms with Gasteiger partial charge < -0.3 is 14.2 Å². The molecule has 0 bridgehead atoms. The molecule has 0 radical (unpaired) electrons. The lowest BCUT2D eigenvalue weighted by molar-refractivity contribution is -0.167. The molecule has 0 spiro atoms. The number of rotatable bonds is 52. The third-order valence-electron chi connectivity index (χ3n) is 12.2. The average Bonchev–Trinajstić information content (AvgIpc) is 3.37. The first-order valence-corrected chi connectivity index (χ1v) is 29.4. The number of unbranched alkanes of at least 4 members (excludes halogenated alkanes) is 23. The standard InChI is InChI=1S/C65H108O6/c1-4-7-10-13-16-19-22-25-28-30-31-32-33-34-35-36-38-40-43-46-49-52-55-58-64(67)70-61-62(60-69-63(66)57-54-51-48-45-42-39-27-24-21-18-15-12-9-6-3)71-65(68)59-56-53-50-47-44-41-37-29-26-23-20-17-14-11-8-5-2/h7,10,16,19-20,23-25,27-29,31-32,34-35,37-38,40,62H,4-6,8-9,11-15,17-18,21-22,26,30,33,36,39,41-61H2,1-3H3/b10-7-,19-16-,23-20-,27-24-,28-25-,32-31-,35-34-,37-29-,40-38-. The Bertz CT molecular complexity index is 1460. The van der Waals surface area contributed by atoms with Crippen molar-refractivity contribution in [2.24, 2.45) is 0 Å². The molecular formula is C65H108O6. The third-order valence-corrected chi connectivity index (χ3v) is 12.2. The summed E-state index contributed by atoms with van der Waals surface area (Å²) in [6, 6.07) is 0. The second kappa shape index (κ2) is 58.6. The normalized spacial score (nSPS) is 12.9. The summed E-state index contributed by atoms with van der Waals surface area (Å²) in [7, 11) is 0. The maximum Gasteiger partial charge on any atom is 0.306 e. The van der Waals surface area contributed by atoms with Gasteiger partial charge in [0, 0.05) is 19.3 Å². The van der Waals surface area contributed by atoms with E-state index >= 15 is 0 Å². The molecular weight excluding hydrogens is 877 g/mol. The van der Waals surface area contributed by atoms with Crippen molar-refractivity contribution in [2.75, 3.05) is 13.2 Å². The van der Waals surface area contributed by atoms with Crippen LogP contribution < -0.4 is 0 Å². The van der Waals surface area contributed by atoms with Crippen molar-refractivity contribution in [1.82, 2.24) is 0 Å². The van der Waals surface area contributed by atoms with Gasteiger partial charge in [0.05, 0.1) is 0 Å². The highest BCUT2D eigenvalue weighted by Crippen LogP contribution is 2.14. The lowest BCUT2D eigenvalue weighted by Gasteiger charge is -2.18. The molecule has 0 rings (SSSR count). The molecule has 0 aromatic heterocycles. The topological polar surface area (TPSA) is 78.9 Å². The zero-order valence-electron chi connectivity index (χ0n) is 46.2. The third kappa shape index (κ3) is 56.9. The number of hydrogen-bond acceptors (Lipinski definition) is 6. The van der Waals surface area contributed by atoms with Gasteiger partial charge in [-0.15, -0.1) is 0 Å². The minimum Gasteiger partial charge on any atom is -0.462 e. The fourth-order valence-corrected chi connectivity index (χ4v) is 7.82. The van der Waals surface area contributed by atoms with Crippen molar-refractivity contribution >= 4 is 17.9 Å². The molecule has 71 heavy (non-hydrogen) atoms. The number of allylic oxidation sites excluding steroid dienone is 18. The molecule has 0 saturated carbocycles. The maximum atomic E-state index is 12.9. The smallest absolute Gasteiger partial charge is 0.306 e. The molecule has 0 fully saturated rings. The number of carbonyl (C=O) groups excluding carboxylic acids is 3. The van der Waals surface area contributed by atoms with Gasteiger partial charge in [0.2, 0.25) is 0 Å². The SMILES string of the molecule is CC/C=C\C/C=C\C/C=C\C/C=C\C/C=C\C/C=C\CCCCCCC(=O)OCC(COC(=O)CCCCCCC/C=C\CCCCCCC)OC(=O)CCCCCCC/C=C\C/C=C\CCCCCC. The van der Waals surface area contributed by atoms with Gasteiger partial charge in [-0.05, 0) is 128 Å². The van der Waals surface area contributed by atoms with E-state index in [1.807, 2.05) is 0 Å². The van der Waals surface area contributed by atoms with Crippen LogP contribution in [0.4, 0.5) is 0 Å². The van der Waals surface area contributed by atoms with E-state index in [1.54, 1.807) is 0 Å². The predicted octanol–water partition coefficient (Wildman–Crippen LogP) is 19.9. The first-order chi connectivity index (χ1) is 35.0. The largest absolute Gasteiger partial charge is 0.462 e. The Hall–Kier alpha value is -3.93. The molecule has 6 heteroatoms. The van der Waals surface area contributed by atoms with E-state index in [9.17, 15) is 14.4 Å². The summed E-state index contributed by atoms with van der Waals surface area (Å²) in [5.41, 5.74) is 0. The first-order valence-electron chi connectivity index (χ1n) is 29.4. The van der Waals surface area contributed by atoms with Crippen molar-refractivity contribution in [1.29, 1.82) is 0 Å². The van der Waals surface area contributed by atoms with Gasteiger partial charge in [0.15, 0.2) is 6.10 Å². The van der Waals surface area contributed by atoms with E-state index in [4.69, 9.17) is 14.2 Å². The highest BCUT2D eigenvalue weighted by molar-refractivity contribution is 5.71. The Kier molecular flexibility index (Phi) is 55.4. The molecule has 0 aliphatic heterocycles. The number of carbonyl (C=O) groups is 3. The van der Waals surface area contributed by atoms with Gasteiger partial charge >= 0.3 is 17.9 Å². The van der Waals surface area contributed by atoms with Gasteiger partial charge in [-0.25, -0.2) is 0 Å². The minimum atomic E-state index is -0.802. The van der Waals surface area contributed by atoms with E-state index in [2.05, 4.69) is 130 Å². The summed E-state index contributed by atoms with van der Waals surface area (Å²) >= 11 is 0. The summed E-state index contributed by atoms with van der Waals surface area (Å²) in [4.78, 5) is 38.2. The van der Waals surface area contributed by atoms with Crippen molar-refractivity contribution < 1.29 is 28.6 Å². The molecule has 0 saturated heterocycles. The van der Waals surface area contributed by atoms with Crippen LogP contribution in [0.15, 0.2) is 109 Å². The Morgan fingerprint density at radius 3 is 0.887 bits per heavy atom. The maximum absolute atomic E-state index is 12.9. The molecule has 404 valence electrons. The number of hydrogen-bond donors (Lipinski definition) is 0. The van der Waals surface area contributed by atoms with E-state index in [-0.39, 0.29) is 31.1 Å². The summed E-state index contributed by atoms with van der Waals surface area (Å²) < 4.78 is 16.8. The summed E-state index contributed by atoms with van der Waals surface area (Å²) in [6.45, 7) is 6.46. The molecule has 0 aliphatic rings. The van der Waals surface area contributed by atoms with Gasteiger partial charge in [0.25, 0.3) is 0 Å². The van der Waals surface area contributed by atoms with Gasteiger partial charge in [-0.3, -0.25) is 14.4 Å². The molecule has 0 amide bonds. The first kappa shape index (κ1) is 67.1. The Balaban J connectivity index is 4.46.